The van der Waals surface area contributed by atoms with Crippen LogP contribution in [0, 0.1) is 0 Å². The molecule has 0 bridgehead atoms. The van der Waals surface area contributed by atoms with Gasteiger partial charge in [-0.3, -0.25) is 9.59 Å². The number of methoxy groups -OCH3 is 2. The summed E-state index contributed by atoms with van der Waals surface area (Å²) in [5.41, 5.74) is 1.68. The molecule has 24 heavy (non-hydrogen) atoms. The number of nitrogens with zero attached hydrogens (tertiary/aromatic N) is 1. The number of thioether (sulfide) groups is 1. The Morgan fingerprint density at radius 2 is 2.12 bits per heavy atom. The highest BCUT2D eigenvalue weighted by Gasteiger charge is 2.23. The Hall–Kier alpha value is -2.54. The van der Waals surface area contributed by atoms with Gasteiger partial charge in [-0.15, -0.1) is 6.58 Å². The molecule has 0 spiro atoms. The second-order valence-corrected chi connectivity index (χ2v) is 5.95. The van der Waals surface area contributed by atoms with Gasteiger partial charge in [-0.1, -0.05) is 6.08 Å². The summed E-state index contributed by atoms with van der Waals surface area (Å²) in [5, 5.41) is 2.80. The van der Waals surface area contributed by atoms with Gasteiger partial charge in [-0.25, -0.2) is 0 Å². The van der Waals surface area contributed by atoms with Crippen LogP contribution >= 0.6 is 11.8 Å². The maximum Gasteiger partial charge on any atom is 0.286 e. The second-order valence-electron chi connectivity index (χ2n) is 4.92. The van der Waals surface area contributed by atoms with Crippen molar-refractivity contribution < 1.29 is 19.1 Å². The standard InChI is InChI=1S/C17H18N2O4S/c1-5-6-12-7-11(8-13(22-3)15(12)23-4)9-14-16(21)19-17(24-14)18-10(2)20/h5,7-9H,1,6H2,2-4H3,(H,18,19,20,21)/b14-9+. The third kappa shape index (κ3) is 4.05. The summed E-state index contributed by atoms with van der Waals surface area (Å²) in [7, 11) is 3.13. The van der Waals surface area contributed by atoms with E-state index in [0.717, 1.165) is 22.9 Å². The largest absolute Gasteiger partial charge is 0.493 e. The van der Waals surface area contributed by atoms with E-state index in [9.17, 15) is 9.59 Å². The molecule has 0 fully saturated rings. The summed E-state index contributed by atoms with van der Waals surface area (Å²) in [4.78, 5) is 27.3. The van der Waals surface area contributed by atoms with Crippen LogP contribution in [0.15, 0.2) is 34.7 Å². The van der Waals surface area contributed by atoms with E-state index in [2.05, 4.69) is 16.9 Å². The number of hydrogen-bond donors (Lipinski definition) is 1. The molecule has 2 rings (SSSR count). The number of amidine groups is 1. The first-order chi connectivity index (χ1) is 11.5. The molecule has 6 nitrogen and oxygen atoms in total. The van der Waals surface area contributed by atoms with Crippen LogP contribution in [0.4, 0.5) is 0 Å². The van der Waals surface area contributed by atoms with Crippen molar-refractivity contribution in [2.45, 2.75) is 13.3 Å². The van der Waals surface area contributed by atoms with Crippen molar-refractivity contribution in [1.82, 2.24) is 5.32 Å². The lowest BCUT2D eigenvalue weighted by Gasteiger charge is -2.13. The van der Waals surface area contributed by atoms with Gasteiger partial charge in [0.2, 0.25) is 5.91 Å². The van der Waals surface area contributed by atoms with Gasteiger partial charge in [0.1, 0.15) is 0 Å². The van der Waals surface area contributed by atoms with E-state index < -0.39 is 0 Å². The van der Waals surface area contributed by atoms with Crippen LogP contribution < -0.4 is 14.8 Å². The summed E-state index contributed by atoms with van der Waals surface area (Å²) in [6.07, 6.45) is 4.08. The Labute approximate surface area is 144 Å². The zero-order valence-electron chi connectivity index (χ0n) is 13.7. The van der Waals surface area contributed by atoms with Gasteiger partial charge >= 0.3 is 0 Å². The minimum absolute atomic E-state index is 0.269. The Morgan fingerprint density at radius 1 is 1.38 bits per heavy atom. The summed E-state index contributed by atoms with van der Waals surface area (Å²) in [6, 6.07) is 3.68. The monoisotopic (exact) mass is 346 g/mol. The van der Waals surface area contributed by atoms with Gasteiger partial charge in [0.15, 0.2) is 16.7 Å². The lowest BCUT2D eigenvalue weighted by molar-refractivity contribution is -0.117. The number of allylic oxidation sites excluding steroid dienone is 1. The number of hydrogen-bond acceptors (Lipinski definition) is 5. The van der Waals surface area contributed by atoms with Crippen molar-refractivity contribution >= 4 is 34.8 Å². The number of nitrogens with one attached hydrogen (secondary N) is 1. The van der Waals surface area contributed by atoms with Crippen LogP contribution in [0.1, 0.15) is 18.1 Å². The van der Waals surface area contributed by atoms with Crippen molar-refractivity contribution in [3.05, 3.63) is 40.8 Å². The maximum absolute atomic E-state index is 12.0. The average Bonchev–Trinajstić information content (AvgIpc) is 2.85. The normalized spacial score (nSPS) is 15.2. The number of benzene rings is 1. The zero-order chi connectivity index (χ0) is 17.7. The third-order valence-corrected chi connectivity index (χ3v) is 4.04. The van der Waals surface area contributed by atoms with E-state index in [0.29, 0.717) is 22.8 Å². The molecule has 126 valence electrons. The molecule has 0 aromatic heterocycles. The van der Waals surface area contributed by atoms with Crippen molar-refractivity contribution in [3.63, 3.8) is 0 Å². The highest BCUT2D eigenvalue weighted by atomic mass is 32.2. The minimum Gasteiger partial charge on any atom is -0.493 e. The Balaban J connectivity index is 2.36. The Morgan fingerprint density at radius 3 is 2.71 bits per heavy atom. The summed E-state index contributed by atoms with van der Waals surface area (Å²) >= 11 is 1.12. The first-order valence-corrected chi connectivity index (χ1v) is 7.96. The van der Waals surface area contributed by atoms with E-state index in [4.69, 9.17) is 9.47 Å². The SMILES string of the molecule is C=CCc1cc(/C=C2/SC(NC(C)=O)=NC2=O)cc(OC)c1OC. The fourth-order valence-corrected chi connectivity index (χ4v) is 3.08. The highest BCUT2D eigenvalue weighted by molar-refractivity contribution is 8.18. The molecule has 1 heterocycles. The summed E-state index contributed by atoms with van der Waals surface area (Å²) < 4.78 is 10.8. The fraction of sp³-hybridized carbons (Fsp3) is 0.235. The lowest BCUT2D eigenvalue weighted by atomic mass is 10.0. The number of rotatable bonds is 5. The molecular weight excluding hydrogens is 328 g/mol. The number of ether oxygens (including phenoxy) is 2. The van der Waals surface area contributed by atoms with Gasteiger partial charge in [0.25, 0.3) is 5.91 Å². The van der Waals surface area contributed by atoms with Gasteiger partial charge < -0.3 is 14.8 Å². The van der Waals surface area contributed by atoms with Crippen LogP contribution in [-0.4, -0.2) is 31.2 Å². The molecule has 0 radical (unpaired) electrons. The van der Waals surface area contributed by atoms with Crippen LogP contribution in [0.3, 0.4) is 0 Å². The van der Waals surface area contributed by atoms with Crippen LogP contribution in [-0.2, 0) is 16.0 Å². The lowest BCUT2D eigenvalue weighted by Crippen LogP contribution is -2.23. The van der Waals surface area contributed by atoms with E-state index >= 15 is 0 Å². The molecule has 0 unspecified atom stereocenters. The van der Waals surface area contributed by atoms with Crippen LogP contribution in [0.5, 0.6) is 11.5 Å². The molecule has 0 saturated carbocycles. The molecular formula is C17H18N2O4S. The van der Waals surface area contributed by atoms with E-state index in [-0.39, 0.29) is 17.0 Å². The van der Waals surface area contributed by atoms with Crippen LogP contribution in [0.25, 0.3) is 6.08 Å². The van der Waals surface area contributed by atoms with E-state index in [1.54, 1.807) is 32.4 Å². The molecule has 0 saturated heterocycles. The molecule has 1 aromatic carbocycles. The first kappa shape index (κ1) is 17.8. The predicted octanol–water partition coefficient (Wildman–Crippen LogP) is 2.54. The second kappa shape index (κ2) is 7.83. The number of amides is 2. The van der Waals surface area contributed by atoms with Gasteiger partial charge in [0.05, 0.1) is 19.1 Å². The Kier molecular flexibility index (Phi) is 5.81. The average molecular weight is 346 g/mol. The topological polar surface area (TPSA) is 77.0 Å². The molecule has 0 aliphatic carbocycles. The Bertz CT molecular complexity index is 753. The van der Waals surface area contributed by atoms with E-state index in [1.165, 1.54) is 6.92 Å². The third-order valence-electron chi connectivity index (χ3n) is 3.14. The molecule has 1 N–H and O–H groups in total. The van der Waals surface area contributed by atoms with Crippen LogP contribution in [0.2, 0.25) is 0 Å². The molecule has 2 amide bonds. The number of aliphatic imine (C=N–C) groups is 1. The minimum atomic E-state index is -0.385. The van der Waals surface area contributed by atoms with Gasteiger partial charge in [-0.05, 0) is 42.0 Å². The fourth-order valence-electron chi connectivity index (χ4n) is 2.22. The van der Waals surface area contributed by atoms with Crippen molar-refractivity contribution in [2.24, 2.45) is 4.99 Å². The summed E-state index contributed by atoms with van der Waals surface area (Å²) in [5.74, 6) is 0.556. The maximum atomic E-state index is 12.0. The van der Waals surface area contributed by atoms with Crippen molar-refractivity contribution in [2.75, 3.05) is 14.2 Å². The van der Waals surface area contributed by atoms with Gasteiger partial charge in [0, 0.05) is 12.5 Å². The zero-order valence-corrected chi connectivity index (χ0v) is 14.5. The molecule has 0 atom stereocenters. The molecule has 7 heteroatoms. The molecule has 1 aliphatic heterocycles. The number of carbonyl (C=O) groups is 2. The quantitative estimate of drug-likeness (QED) is 0.655. The first-order valence-electron chi connectivity index (χ1n) is 7.14. The summed E-state index contributed by atoms with van der Waals surface area (Å²) in [6.45, 7) is 5.11. The molecule has 1 aromatic rings. The van der Waals surface area contributed by atoms with Crippen molar-refractivity contribution in [3.8, 4) is 11.5 Å². The van der Waals surface area contributed by atoms with Gasteiger partial charge in [-0.2, -0.15) is 4.99 Å². The van der Waals surface area contributed by atoms with E-state index in [1.807, 2.05) is 6.07 Å². The highest BCUT2D eigenvalue weighted by Crippen LogP contribution is 2.35. The predicted molar refractivity (Wildman–Crippen MR) is 95.3 cm³/mol. The van der Waals surface area contributed by atoms with Crippen molar-refractivity contribution in [1.29, 1.82) is 0 Å². The molecule has 1 aliphatic rings. The number of carbonyl (C=O) groups excluding carboxylic acids is 2. The smallest absolute Gasteiger partial charge is 0.286 e.